The van der Waals surface area contributed by atoms with Crippen LogP contribution in [0, 0.1) is 5.82 Å². The summed E-state index contributed by atoms with van der Waals surface area (Å²) in [5, 5.41) is 5.13. The normalized spacial score (nSPS) is 12.6. The highest BCUT2D eigenvalue weighted by molar-refractivity contribution is 9.10. The lowest BCUT2D eigenvalue weighted by Crippen LogP contribution is -2.53. The van der Waals surface area contributed by atoms with Gasteiger partial charge in [-0.25, -0.2) is 9.18 Å². The maximum absolute atomic E-state index is 14.0. The molecule has 0 aliphatic rings. The molecule has 0 unspecified atom stereocenters. The van der Waals surface area contributed by atoms with E-state index in [1.807, 2.05) is 24.3 Å². The largest absolute Gasteiger partial charge is 0.467 e. The van der Waals surface area contributed by atoms with Crippen LogP contribution < -0.4 is 10.6 Å². The minimum Gasteiger partial charge on any atom is -0.467 e. The summed E-state index contributed by atoms with van der Waals surface area (Å²) < 4.78 is 19.6. The second-order valence-electron chi connectivity index (χ2n) is 6.43. The first kappa shape index (κ1) is 22.5. The van der Waals surface area contributed by atoms with E-state index < -0.39 is 35.7 Å². The fraction of sp³-hybridized carbons (Fsp3) is 0.286. The molecule has 2 N–H and O–H groups in total. The third kappa shape index (κ3) is 6.67. The van der Waals surface area contributed by atoms with E-state index in [1.165, 1.54) is 32.2 Å². The van der Waals surface area contributed by atoms with Crippen LogP contribution in [-0.4, -0.2) is 37.0 Å². The maximum atomic E-state index is 14.0. The lowest BCUT2D eigenvalue weighted by molar-refractivity contribution is -0.145. The molecule has 0 bridgehead atoms. The molecule has 154 valence electrons. The molecular weight excluding hydrogens is 443 g/mol. The van der Waals surface area contributed by atoms with Crippen molar-refractivity contribution in [2.45, 2.75) is 31.8 Å². The molecule has 0 spiro atoms. The molecule has 0 heterocycles. The number of benzene rings is 2. The molecule has 2 aromatic rings. The molecular formula is C21H22BrFN2O4. The predicted molar refractivity (Wildman–Crippen MR) is 110 cm³/mol. The Labute approximate surface area is 177 Å². The first-order valence-electron chi connectivity index (χ1n) is 8.94. The molecule has 0 radical (unpaired) electrons. The third-order valence-electron chi connectivity index (χ3n) is 4.26. The molecule has 29 heavy (non-hydrogen) atoms. The van der Waals surface area contributed by atoms with Crippen molar-refractivity contribution in [1.29, 1.82) is 0 Å². The molecule has 2 rings (SSSR count). The van der Waals surface area contributed by atoms with Gasteiger partial charge >= 0.3 is 5.97 Å². The summed E-state index contributed by atoms with van der Waals surface area (Å²) >= 11 is 3.41. The standard InChI is InChI=1S/C21H22BrFN2O4/c1-13(26)24-18(12-15-8-4-6-10-17(15)23)20(27)25-19(21(28)29-2)11-14-7-3-5-9-16(14)22/h3-10,18-19H,11-12H2,1-2H3,(H,24,26)(H,25,27)/t18-,19+/m1/s1. The van der Waals surface area contributed by atoms with Gasteiger partial charge in [-0.2, -0.15) is 0 Å². The van der Waals surface area contributed by atoms with Gasteiger partial charge in [-0.15, -0.1) is 0 Å². The summed E-state index contributed by atoms with van der Waals surface area (Å²) in [5.74, 6) is -2.15. The van der Waals surface area contributed by atoms with E-state index in [4.69, 9.17) is 4.74 Å². The van der Waals surface area contributed by atoms with Crippen LogP contribution >= 0.6 is 15.9 Å². The van der Waals surface area contributed by atoms with Gasteiger partial charge in [0, 0.05) is 24.2 Å². The SMILES string of the molecule is COC(=O)[C@H](Cc1ccccc1Br)NC(=O)[C@@H](Cc1ccccc1F)NC(C)=O. The van der Waals surface area contributed by atoms with E-state index >= 15 is 0 Å². The van der Waals surface area contributed by atoms with Crippen molar-refractivity contribution in [3.05, 3.63) is 69.9 Å². The van der Waals surface area contributed by atoms with Gasteiger partial charge in [-0.05, 0) is 23.3 Å². The van der Waals surface area contributed by atoms with E-state index in [9.17, 15) is 18.8 Å². The fourth-order valence-electron chi connectivity index (χ4n) is 2.83. The van der Waals surface area contributed by atoms with Crippen molar-refractivity contribution in [2.75, 3.05) is 7.11 Å². The van der Waals surface area contributed by atoms with Crippen molar-refractivity contribution in [3.8, 4) is 0 Å². The minimum absolute atomic E-state index is 0.0546. The van der Waals surface area contributed by atoms with Crippen LogP contribution in [0.4, 0.5) is 4.39 Å². The lowest BCUT2D eigenvalue weighted by atomic mass is 10.0. The summed E-state index contributed by atoms with van der Waals surface area (Å²) in [6.45, 7) is 1.26. The average Bonchev–Trinajstić information content (AvgIpc) is 2.69. The van der Waals surface area contributed by atoms with Crippen LogP contribution in [0.15, 0.2) is 53.0 Å². The molecule has 0 saturated carbocycles. The number of esters is 1. The summed E-state index contributed by atoms with van der Waals surface area (Å²) in [7, 11) is 1.23. The highest BCUT2D eigenvalue weighted by Gasteiger charge is 2.28. The molecule has 2 aromatic carbocycles. The van der Waals surface area contributed by atoms with Crippen molar-refractivity contribution in [2.24, 2.45) is 0 Å². The Bertz CT molecular complexity index is 890. The smallest absolute Gasteiger partial charge is 0.328 e. The van der Waals surface area contributed by atoms with E-state index in [1.54, 1.807) is 6.07 Å². The topological polar surface area (TPSA) is 84.5 Å². The van der Waals surface area contributed by atoms with Crippen LogP contribution in [0.2, 0.25) is 0 Å². The number of hydrogen-bond acceptors (Lipinski definition) is 4. The second kappa shape index (κ2) is 10.7. The molecule has 0 aromatic heterocycles. The van der Waals surface area contributed by atoms with Gasteiger partial charge in [-0.3, -0.25) is 9.59 Å². The second-order valence-corrected chi connectivity index (χ2v) is 7.28. The molecule has 2 atom stereocenters. The van der Waals surface area contributed by atoms with Crippen molar-refractivity contribution in [1.82, 2.24) is 10.6 Å². The summed E-state index contributed by atoms with van der Waals surface area (Å²) in [4.78, 5) is 36.6. The van der Waals surface area contributed by atoms with Gasteiger partial charge in [0.2, 0.25) is 11.8 Å². The fourth-order valence-corrected chi connectivity index (χ4v) is 3.28. The van der Waals surface area contributed by atoms with Crippen molar-refractivity contribution in [3.63, 3.8) is 0 Å². The maximum Gasteiger partial charge on any atom is 0.328 e. The van der Waals surface area contributed by atoms with Gasteiger partial charge in [0.1, 0.15) is 17.9 Å². The van der Waals surface area contributed by atoms with E-state index in [0.717, 1.165) is 10.0 Å². The molecule has 6 nitrogen and oxygen atoms in total. The Morgan fingerprint density at radius 3 is 2.14 bits per heavy atom. The number of ether oxygens (including phenoxy) is 1. The minimum atomic E-state index is -1.05. The van der Waals surface area contributed by atoms with Gasteiger partial charge in [0.05, 0.1) is 7.11 Å². The number of methoxy groups -OCH3 is 1. The quantitative estimate of drug-likeness (QED) is 0.587. The van der Waals surface area contributed by atoms with Crippen LogP contribution in [0.3, 0.4) is 0 Å². The predicted octanol–water partition coefficient (Wildman–Crippen LogP) is 2.54. The third-order valence-corrected chi connectivity index (χ3v) is 5.03. The molecule has 0 fully saturated rings. The van der Waals surface area contributed by atoms with Gasteiger partial charge in [0.25, 0.3) is 0 Å². The van der Waals surface area contributed by atoms with Crippen LogP contribution in [0.5, 0.6) is 0 Å². The van der Waals surface area contributed by atoms with Gasteiger partial charge in [0.15, 0.2) is 0 Å². The number of carbonyl (C=O) groups is 3. The van der Waals surface area contributed by atoms with E-state index in [0.29, 0.717) is 0 Å². The summed E-state index contributed by atoms with van der Waals surface area (Å²) in [5.41, 5.74) is 1.08. The zero-order valence-corrected chi connectivity index (χ0v) is 17.7. The lowest BCUT2D eigenvalue weighted by Gasteiger charge is -2.22. The Balaban J connectivity index is 2.20. The first-order valence-corrected chi connectivity index (χ1v) is 9.73. The summed E-state index contributed by atoms with van der Waals surface area (Å²) in [6.07, 6.45) is 0.132. The molecule has 0 saturated heterocycles. The van der Waals surface area contributed by atoms with Crippen molar-refractivity contribution >= 4 is 33.7 Å². The number of rotatable bonds is 8. The van der Waals surface area contributed by atoms with Crippen LogP contribution in [0.1, 0.15) is 18.1 Å². The highest BCUT2D eigenvalue weighted by atomic mass is 79.9. The Morgan fingerprint density at radius 2 is 1.55 bits per heavy atom. The number of nitrogens with one attached hydrogen (secondary N) is 2. The Morgan fingerprint density at radius 1 is 0.966 bits per heavy atom. The zero-order chi connectivity index (χ0) is 21.4. The monoisotopic (exact) mass is 464 g/mol. The number of halogens is 2. The van der Waals surface area contributed by atoms with Crippen LogP contribution in [0.25, 0.3) is 0 Å². The van der Waals surface area contributed by atoms with Gasteiger partial charge in [-0.1, -0.05) is 52.3 Å². The average molecular weight is 465 g/mol. The number of amides is 2. The molecule has 0 aliphatic heterocycles. The van der Waals surface area contributed by atoms with Crippen molar-refractivity contribution < 1.29 is 23.5 Å². The summed E-state index contributed by atoms with van der Waals surface area (Å²) in [6, 6.07) is 11.3. The number of hydrogen-bond donors (Lipinski definition) is 2. The molecule has 0 aliphatic carbocycles. The van der Waals surface area contributed by atoms with E-state index in [2.05, 4.69) is 26.6 Å². The zero-order valence-electron chi connectivity index (χ0n) is 16.1. The van der Waals surface area contributed by atoms with E-state index in [-0.39, 0.29) is 18.4 Å². The Hall–Kier alpha value is -2.74. The van der Waals surface area contributed by atoms with Gasteiger partial charge < -0.3 is 15.4 Å². The molecule has 8 heteroatoms. The molecule has 2 amide bonds. The highest BCUT2D eigenvalue weighted by Crippen LogP contribution is 2.18. The Kier molecular flexibility index (Phi) is 8.33. The van der Waals surface area contributed by atoms with Crippen LogP contribution in [-0.2, 0) is 32.0 Å². The first-order chi connectivity index (χ1) is 13.8. The number of carbonyl (C=O) groups excluding carboxylic acids is 3.